The Kier molecular flexibility index (Phi) is 4.95. The molecule has 0 saturated carbocycles. The van der Waals surface area contributed by atoms with Crippen LogP contribution in [-0.4, -0.2) is 18.2 Å². The number of hydrogen-bond acceptors (Lipinski definition) is 2. The van der Waals surface area contributed by atoms with Gasteiger partial charge in [0.15, 0.2) is 0 Å². The van der Waals surface area contributed by atoms with Gasteiger partial charge >= 0.3 is 6.09 Å². The molecule has 0 aromatic heterocycles. The van der Waals surface area contributed by atoms with Crippen molar-refractivity contribution in [1.29, 1.82) is 0 Å². The molecule has 2 aromatic carbocycles. The van der Waals surface area contributed by atoms with Crippen LogP contribution in [0.1, 0.15) is 26.3 Å². The zero-order valence-corrected chi connectivity index (χ0v) is 13.6. The third-order valence-corrected chi connectivity index (χ3v) is 3.11. The molecule has 0 spiro atoms. The maximum atomic E-state index is 11.5. The zero-order valence-electron chi connectivity index (χ0n) is 12.9. The number of ether oxygens (including phenoxy) is 1. The number of nitrogens with one attached hydrogen (secondary N) is 1. The summed E-state index contributed by atoms with van der Waals surface area (Å²) in [6.07, 6.45) is -0.474. The monoisotopic (exact) mass is 315 g/mol. The number of halogens is 1. The fourth-order valence-electron chi connectivity index (χ4n) is 1.97. The highest BCUT2D eigenvalue weighted by Crippen LogP contribution is 2.26. The van der Waals surface area contributed by atoms with Gasteiger partial charge in [-0.15, -0.1) is 0 Å². The first-order chi connectivity index (χ1) is 10.4. The highest BCUT2D eigenvalue weighted by Gasteiger charge is 2.15. The Morgan fingerprint density at radius 1 is 1.23 bits per heavy atom. The van der Waals surface area contributed by atoms with Crippen molar-refractivity contribution < 1.29 is 9.53 Å². The molecule has 2 rings (SSSR count). The SMILES string of the molecule is CC(C)(C)OC(=O)NCC#Cc1cccc2cccc(Cl)c12. The van der Waals surface area contributed by atoms with Crippen molar-refractivity contribution in [3.05, 3.63) is 47.0 Å². The van der Waals surface area contributed by atoms with Gasteiger partial charge in [-0.05, 0) is 38.3 Å². The lowest BCUT2D eigenvalue weighted by Crippen LogP contribution is -2.32. The molecule has 0 atom stereocenters. The molecule has 0 radical (unpaired) electrons. The van der Waals surface area contributed by atoms with Crippen LogP contribution < -0.4 is 5.32 Å². The summed E-state index contributed by atoms with van der Waals surface area (Å²) in [5.41, 5.74) is 0.329. The van der Waals surface area contributed by atoms with E-state index in [2.05, 4.69) is 17.2 Å². The maximum absolute atomic E-state index is 11.5. The van der Waals surface area contributed by atoms with E-state index in [0.717, 1.165) is 16.3 Å². The quantitative estimate of drug-likeness (QED) is 0.794. The van der Waals surface area contributed by atoms with E-state index in [1.165, 1.54) is 0 Å². The minimum atomic E-state index is -0.513. The Labute approximate surface area is 135 Å². The highest BCUT2D eigenvalue weighted by molar-refractivity contribution is 6.36. The second-order valence-electron chi connectivity index (χ2n) is 5.80. The van der Waals surface area contributed by atoms with Gasteiger partial charge in [0, 0.05) is 16.0 Å². The molecule has 114 valence electrons. The molecule has 22 heavy (non-hydrogen) atoms. The third kappa shape index (κ3) is 4.41. The Morgan fingerprint density at radius 2 is 1.91 bits per heavy atom. The van der Waals surface area contributed by atoms with E-state index in [4.69, 9.17) is 16.3 Å². The highest BCUT2D eigenvalue weighted by atomic mass is 35.5. The van der Waals surface area contributed by atoms with Crippen LogP contribution in [0, 0.1) is 11.8 Å². The molecule has 0 bridgehead atoms. The van der Waals surface area contributed by atoms with E-state index in [1.807, 2.05) is 57.2 Å². The van der Waals surface area contributed by atoms with E-state index in [1.54, 1.807) is 0 Å². The second kappa shape index (κ2) is 6.72. The minimum Gasteiger partial charge on any atom is -0.444 e. The van der Waals surface area contributed by atoms with Crippen molar-refractivity contribution in [1.82, 2.24) is 5.32 Å². The van der Waals surface area contributed by atoms with Gasteiger partial charge in [0.2, 0.25) is 0 Å². The van der Waals surface area contributed by atoms with Gasteiger partial charge < -0.3 is 10.1 Å². The summed E-state index contributed by atoms with van der Waals surface area (Å²) in [6.45, 7) is 5.67. The van der Waals surface area contributed by atoms with E-state index in [9.17, 15) is 4.79 Å². The molecule has 3 nitrogen and oxygen atoms in total. The third-order valence-electron chi connectivity index (χ3n) is 2.80. The van der Waals surface area contributed by atoms with Crippen LogP contribution in [0.25, 0.3) is 10.8 Å². The van der Waals surface area contributed by atoms with Crippen LogP contribution in [0.3, 0.4) is 0 Å². The lowest BCUT2D eigenvalue weighted by atomic mass is 10.0. The summed E-state index contributed by atoms with van der Waals surface area (Å²) < 4.78 is 5.14. The van der Waals surface area contributed by atoms with Gasteiger partial charge in [0.05, 0.1) is 6.54 Å². The molecule has 0 saturated heterocycles. The molecular weight excluding hydrogens is 298 g/mol. The number of benzene rings is 2. The second-order valence-corrected chi connectivity index (χ2v) is 6.21. The van der Waals surface area contributed by atoms with Gasteiger partial charge in [-0.3, -0.25) is 0 Å². The first-order valence-corrected chi connectivity index (χ1v) is 7.37. The molecule has 0 aliphatic carbocycles. The van der Waals surface area contributed by atoms with Crippen LogP contribution in [0.15, 0.2) is 36.4 Å². The number of carbonyl (C=O) groups is 1. The summed E-state index contributed by atoms with van der Waals surface area (Å²) >= 11 is 6.24. The van der Waals surface area contributed by atoms with E-state index in [0.29, 0.717) is 5.02 Å². The summed E-state index contributed by atoms with van der Waals surface area (Å²) in [7, 11) is 0. The van der Waals surface area contributed by atoms with Crippen LogP contribution in [0.2, 0.25) is 5.02 Å². The van der Waals surface area contributed by atoms with Crippen LogP contribution in [0.4, 0.5) is 4.79 Å². The first-order valence-electron chi connectivity index (χ1n) is 7.00. The largest absolute Gasteiger partial charge is 0.444 e. The van der Waals surface area contributed by atoms with Crippen LogP contribution in [-0.2, 0) is 4.74 Å². The van der Waals surface area contributed by atoms with Gasteiger partial charge in [-0.1, -0.05) is 47.7 Å². The van der Waals surface area contributed by atoms with Crippen molar-refractivity contribution in [3.63, 3.8) is 0 Å². The lowest BCUT2D eigenvalue weighted by Gasteiger charge is -2.19. The predicted molar refractivity (Wildman–Crippen MR) is 90.1 cm³/mol. The van der Waals surface area contributed by atoms with Crippen molar-refractivity contribution in [3.8, 4) is 11.8 Å². The zero-order chi connectivity index (χ0) is 16.2. The molecule has 0 aliphatic heterocycles. The van der Waals surface area contributed by atoms with Gasteiger partial charge in [-0.25, -0.2) is 4.79 Å². The van der Waals surface area contributed by atoms with Gasteiger partial charge in [-0.2, -0.15) is 0 Å². The molecule has 1 N–H and O–H groups in total. The fraction of sp³-hybridized carbons (Fsp3) is 0.278. The molecular formula is C18H18ClNO2. The molecule has 0 unspecified atom stereocenters. The van der Waals surface area contributed by atoms with E-state index >= 15 is 0 Å². The van der Waals surface area contributed by atoms with E-state index < -0.39 is 11.7 Å². The number of fused-ring (bicyclic) bond motifs is 1. The van der Waals surface area contributed by atoms with Crippen molar-refractivity contribution in [2.24, 2.45) is 0 Å². The summed E-state index contributed by atoms with van der Waals surface area (Å²) in [6, 6.07) is 11.6. The van der Waals surface area contributed by atoms with Crippen LogP contribution in [0.5, 0.6) is 0 Å². The molecule has 0 fully saturated rings. The summed E-state index contributed by atoms with van der Waals surface area (Å²) in [5, 5.41) is 5.24. The number of alkyl carbamates (subject to hydrolysis) is 1. The lowest BCUT2D eigenvalue weighted by molar-refractivity contribution is 0.0535. The van der Waals surface area contributed by atoms with Crippen LogP contribution >= 0.6 is 11.6 Å². The Bertz CT molecular complexity index is 746. The molecule has 4 heteroatoms. The normalized spacial score (nSPS) is 10.7. The number of hydrogen-bond donors (Lipinski definition) is 1. The van der Waals surface area contributed by atoms with Crippen molar-refractivity contribution >= 4 is 28.5 Å². The Balaban J connectivity index is 2.08. The predicted octanol–water partition coefficient (Wildman–Crippen LogP) is 4.37. The average Bonchev–Trinajstić information content (AvgIpc) is 2.42. The van der Waals surface area contributed by atoms with Gasteiger partial charge in [0.25, 0.3) is 0 Å². The van der Waals surface area contributed by atoms with Gasteiger partial charge in [0.1, 0.15) is 5.60 Å². The molecule has 2 aromatic rings. The smallest absolute Gasteiger partial charge is 0.408 e. The Morgan fingerprint density at radius 3 is 2.59 bits per heavy atom. The molecule has 1 amide bonds. The number of carbonyl (C=O) groups excluding carboxylic acids is 1. The standard InChI is InChI=1S/C18H18ClNO2/c1-18(2,3)22-17(21)20-12-6-10-14-8-4-7-13-9-5-11-15(19)16(13)14/h4-5,7-9,11H,12H2,1-3H3,(H,20,21). The summed E-state index contributed by atoms with van der Waals surface area (Å²) in [4.78, 5) is 11.5. The fourth-order valence-corrected chi connectivity index (χ4v) is 2.25. The number of amides is 1. The minimum absolute atomic E-state index is 0.218. The first kappa shape index (κ1) is 16.2. The average molecular weight is 316 g/mol. The summed E-state index contributed by atoms with van der Waals surface area (Å²) in [5.74, 6) is 5.96. The van der Waals surface area contributed by atoms with Crippen molar-refractivity contribution in [2.75, 3.05) is 6.54 Å². The molecule has 0 aliphatic rings. The Hall–Kier alpha value is -2.18. The molecule has 0 heterocycles. The maximum Gasteiger partial charge on any atom is 0.408 e. The van der Waals surface area contributed by atoms with E-state index in [-0.39, 0.29) is 6.54 Å². The van der Waals surface area contributed by atoms with Crippen molar-refractivity contribution in [2.45, 2.75) is 26.4 Å². The topological polar surface area (TPSA) is 38.3 Å². The number of rotatable bonds is 1.